The van der Waals surface area contributed by atoms with Crippen molar-refractivity contribution in [1.82, 2.24) is 19.9 Å². The fourth-order valence-corrected chi connectivity index (χ4v) is 3.12. The Kier molecular flexibility index (Phi) is 9.01. The third-order valence-corrected chi connectivity index (χ3v) is 4.97. The first-order valence-electron chi connectivity index (χ1n) is 11.0. The van der Waals surface area contributed by atoms with Crippen LogP contribution >= 0.6 is 0 Å². The number of rotatable bonds is 12. The molecule has 0 radical (unpaired) electrons. The quantitative estimate of drug-likeness (QED) is 0.363. The topological polar surface area (TPSA) is 120 Å². The predicted octanol–water partition coefficient (Wildman–Crippen LogP) is 3.37. The van der Waals surface area contributed by atoms with Gasteiger partial charge in [-0.15, -0.1) is 0 Å². The number of likely N-dealkylation sites (N-methyl/N-ethyl adjacent to an activating group) is 1. The molecule has 2 aromatic carbocycles. The molecule has 36 heavy (non-hydrogen) atoms. The standard InChI is InChI=1S/C25H30N6O5/c1-7-23(32)28-20-13-19(21(35-6)14-22(20)36-9-8-31(2)3)29-25-27-15-26-24(30-25)16-10-17(33-4)12-18(11-16)34-5/h7,10-15H,1,8-9H2,2-6H3,(H,28,32)(H,26,27,29,30). The number of ether oxygens (including phenoxy) is 4. The minimum Gasteiger partial charge on any atom is -0.497 e. The van der Waals surface area contributed by atoms with Crippen LogP contribution in [0.1, 0.15) is 0 Å². The molecule has 0 saturated carbocycles. The van der Waals surface area contributed by atoms with Gasteiger partial charge >= 0.3 is 0 Å². The summed E-state index contributed by atoms with van der Waals surface area (Å²) in [5.74, 6) is 2.43. The SMILES string of the molecule is C=CC(=O)Nc1cc(Nc2ncnc(-c3cc(OC)cc(OC)c3)n2)c(OC)cc1OCCN(C)C. The highest BCUT2D eigenvalue weighted by molar-refractivity contribution is 6.00. The van der Waals surface area contributed by atoms with Gasteiger partial charge in [-0.05, 0) is 38.4 Å². The van der Waals surface area contributed by atoms with E-state index >= 15 is 0 Å². The van der Waals surface area contributed by atoms with Crippen molar-refractivity contribution >= 4 is 23.2 Å². The Morgan fingerprint density at radius 2 is 1.69 bits per heavy atom. The lowest BCUT2D eigenvalue weighted by molar-refractivity contribution is -0.111. The van der Waals surface area contributed by atoms with Gasteiger partial charge in [0.15, 0.2) is 5.82 Å². The number of nitrogens with one attached hydrogen (secondary N) is 2. The van der Waals surface area contributed by atoms with Crippen LogP contribution in [0.15, 0.2) is 49.3 Å². The number of anilines is 3. The first kappa shape index (κ1) is 26.2. The average Bonchev–Trinajstić information content (AvgIpc) is 2.89. The summed E-state index contributed by atoms with van der Waals surface area (Å²) < 4.78 is 22.1. The second kappa shape index (κ2) is 12.4. The van der Waals surface area contributed by atoms with Gasteiger partial charge in [-0.1, -0.05) is 6.58 Å². The Morgan fingerprint density at radius 1 is 0.972 bits per heavy atom. The van der Waals surface area contributed by atoms with Crippen LogP contribution in [-0.2, 0) is 4.79 Å². The first-order chi connectivity index (χ1) is 17.4. The number of benzene rings is 2. The van der Waals surface area contributed by atoms with E-state index in [9.17, 15) is 4.79 Å². The lowest BCUT2D eigenvalue weighted by Gasteiger charge is -2.18. The van der Waals surface area contributed by atoms with Crippen molar-refractivity contribution in [1.29, 1.82) is 0 Å². The van der Waals surface area contributed by atoms with E-state index in [0.717, 1.165) is 0 Å². The van der Waals surface area contributed by atoms with E-state index in [2.05, 4.69) is 32.2 Å². The van der Waals surface area contributed by atoms with Gasteiger partial charge in [0, 0.05) is 24.2 Å². The van der Waals surface area contributed by atoms with E-state index in [4.69, 9.17) is 18.9 Å². The van der Waals surface area contributed by atoms with Crippen molar-refractivity contribution in [2.24, 2.45) is 0 Å². The highest BCUT2D eigenvalue weighted by Crippen LogP contribution is 2.38. The van der Waals surface area contributed by atoms with Crippen molar-refractivity contribution in [3.63, 3.8) is 0 Å². The molecule has 0 aliphatic heterocycles. The zero-order valence-corrected chi connectivity index (χ0v) is 21.0. The van der Waals surface area contributed by atoms with Crippen LogP contribution in [0.5, 0.6) is 23.0 Å². The molecule has 2 N–H and O–H groups in total. The molecule has 0 aliphatic carbocycles. The summed E-state index contributed by atoms with van der Waals surface area (Å²) in [5, 5.41) is 5.90. The molecule has 1 amide bonds. The average molecular weight is 495 g/mol. The molecule has 0 unspecified atom stereocenters. The summed E-state index contributed by atoms with van der Waals surface area (Å²) in [7, 11) is 8.57. The van der Waals surface area contributed by atoms with Gasteiger partial charge in [0.1, 0.15) is 35.9 Å². The Labute approximate surface area is 210 Å². The van der Waals surface area contributed by atoms with Gasteiger partial charge in [0.2, 0.25) is 11.9 Å². The van der Waals surface area contributed by atoms with E-state index < -0.39 is 0 Å². The molecule has 3 aromatic rings. The molecule has 1 aromatic heterocycles. The maximum Gasteiger partial charge on any atom is 0.247 e. The molecule has 0 bridgehead atoms. The Morgan fingerprint density at radius 3 is 2.31 bits per heavy atom. The van der Waals surface area contributed by atoms with Gasteiger partial charge in [-0.25, -0.2) is 9.97 Å². The van der Waals surface area contributed by atoms with Gasteiger partial charge in [0.25, 0.3) is 0 Å². The monoisotopic (exact) mass is 494 g/mol. The lowest BCUT2D eigenvalue weighted by Crippen LogP contribution is -2.20. The molecule has 11 heteroatoms. The van der Waals surface area contributed by atoms with Crippen LogP contribution in [-0.4, -0.2) is 74.3 Å². The molecule has 1 heterocycles. The van der Waals surface area contributed by atoms with E-state index in [0.29, 0.717) is 58.9 Å². The van der Waals surface area contributed by atoms with Gasteiger partial charge in [-0.3, -0.25) is 4.79 Å². The predicted molar refractivity (Wildman–Crippen MR) is 138 cm³/mol. The van der Waals surface area contributed by atoms with Gasteiger partial charge < -0.3 is 34.5 Å². The third kappa shape index (κ3) is 6.83. The second-order valence-electron chi connectivity index (χ2n) is 7.75. The summed E-state index contributed by atoms with van der Waals surface area (Å²) in [4.78, 5) is 27.1. The molecule has 3 rings (SSSR count). The number of hydrogen-bond acceptors (Lipinski definition) is 10. The smallest absolute Gasteiger partial charge is 0.247 e. The van der Waals surface area contributed by atoms with Crippen molar-refractivity contribution in [2.45, 2.75) is 0 Å². The first-order valence-corrected chi connectivity index (χ1v) is 11.0. The van der Waals surface area contributed by atoms with Gasteiger partial charge in [0.05, 0.1) is 32.7 Å². The highest BCUT2D eigenvalue weighted by atomic mass is 16.5. The maximum absolute atomic E-state index is 12.0. The number of hydrogen-bond donors (Lipinski definition) is 2. The van der Waals surface area contributed by atoms with Crippen molar-refractivity contribution in [2.75, 3.05) is 59.2 Å². The molecular formula is C25H30N6O5. The van der Waals surface area contributed by atoms with E-state index in [1.165, 1.54) is 19.5 Å². The van der Waals surface area contributed by atoms with Crippen LogP contribution in [0.25, 0.3) is 11.4 Å². The van der Waals surface area contributed by atoms with Crippen molar-refractivity contribution < 1.29 is 23.7 Å². The molecule has 11 nitrogen and oxygen atoms in total. The summed E-state index contributed by atoms with van der Waals surface area (Å²) >= 11 is 0. The normalized spacial score (nSPS) is 10.5. The zero-order valence-electron chi connectivity index (χ0n) is 21.0. The van der Waals surface area contributed by atoms with Crippen LogP contribution < -0.4 is 29.6 Å². The van der Waals surface area contributed by atoms with Crippen LogP contribution in [0, 0.1) is 0 Å². The maximum atomic E-state index is 12.0. The molecule has 190 valence electrons. The van der Waals surface area contributed by atoms with E-state index in [1.54, 1.807) is 44.6 Å². The summed E-state index contributed by atoms with van der Waals surface area (Å²) in [6.07, 6.45) is 2.57. The van der Waals surface area contributed by atoms with E-state index in [-0.39, 0.29) is 11.9 Å². The van der Waals surface area contributed by atoms with Crippen LogP contribution in [0.4, 0.5) is 17.3 Å². The second-order valence-corrected chi connectivity index (χ2v) is 7.75. The number of nitrogens with zero attached hydrogens (tertiary/aromatic N) is 4. The molecule has 0 fully saturated rings. The fourth-order valence-electron chi connectivity index (χ4n) is 3.12. The van der Waals surface area contributed by atoms with Crippen molar-refractivity contribution in [3.05, 3.63) is 49.3 Å². The summed E-state index contributed by atoms with van der Waals surface area (Å²) in [6.45, 7) is 4.63. The van der Waals surface area contributed by atoms with E-state index in [1.807, 2.05) is 19.0 Å². The zero-order chi connectivity index (χ0) is 26.1. The summed E-state index contributed by atoms with van der Waals surface area (Å²) in [6, 6.07) is 8.72. The van der Waals surface area contributed by atoms with Gasteiger partial charge in [-0.2, -0.15) is 4.98 Å². The Hall–Kier alpha value is -4.38. The number of methoxy groups -OCH3 is 3. The number of carbonyl (C=O) groups excluding carboxylic acids is 1. The fraction of sp³-hybridized carbons (Fsp3) is 0.280. The largest absolute Gasteiger partial charge is 0.497 e. The molecular weight excluding hydrogens is 464 g/mol. The third-order valence-electron chi connectivity index (χ3n) is 4.97. The number of amides is 1. The highest BCUT2D eigenvalue weighted by Gasteiger charge is 2.16. The Bertz CT molecular complexity index is 1200. The van der Waals surface area contributed by atoms with Crippen LogP contribution in [0.3, 0.4) is 0 Å². The van der Waals surface area contributed by atoms with Crippen LogP contribution in [0.2, 0.25) is 0 Å². The van der Waals surface area contributed by atoms with Crippen molar-refractivity contribution in [3.8, 4) is 34.4 Å². The Balaban J connectivity index is 1.95. The molecule has 0 aliphatic rings. The lowest BCUT2D eigenvalue weighted by atomic mass is 10.2. The molecule has 0 atom stereocenters. The molecule has 0 spiro atoms. The number of aromatic nitrogens is 3. The number of carbonyl (C=O) groups is 1. The minimum atomic E-state index is -0.377. The molecule has 0 saturated heterocycles. The minimum absolute atomic E-state index is 0.266. The summed E-state index contributed by atoms with van der Waals surface area (Å²) in [5.41, 5.74) is 1.64.